The first-order chi connectivity index (χ1) is 11.8. The minimum absolute atomic E-state index is 0.0389. The lowest BCUT2D eigenvalue weighted by atomic mass is 10.0. The molecule has 0 bridgehead atoms. The first-order valence-electron chi connectivity index (χ1n) is 7.44. The summed E-state index contributed by atoms with van der Waals surface area (Å²) in [6.07, 6.45) is 0. The maximum absolute atomic E-state index is 12.9. The molecule has 0 saturated heterocycles. The fourth-order valence-corrected chi connectivity index (χ4v) is 4.35. The van der Waals surface area contributed by atoms with E-state index in [1.54, 1.807) is 37.3 Å². The third kappa shape index (κ3) is 4.81. The molecule has 0 fully saturated rings. The molecule has 0 aliphatic rings. The van der Waals surface area contributed by atoms with Gasteiger partial charge in [0.2, 0.25) is 10.0 Å². The number of rotatable bonds is 8. The van der Waals surface area contributed by atoms with Gasteiger partial charge in [-0.15, -0.1) is 11.8 Å². The lowest BCUT2D eigenvalue weighted by Crippen LogP contribution is -2.32. The van der Waals surface area contributed by atoms with Crippen LogP contribution in [0.4, 0.5) is 4.39 Å². The topological polar surface area (TPSA) is 83.5 Å². The Labute approximate surface area is 150 Å². The lowest BCUT2D eigenvalue weighted by Gasteiger charge is -2.24. The predicted octanol–water partition coefficient (Wildman–Crippen LogP) is 2.84. The number of nitrogens with one attached hydrogen (secondary N) is 1. The van der Waals surface area contributed by atoms with Gasteiger partial charge in [-0.25, -0.2) is 17.5 Å². The van der Waals surface area contributed by atoms with Crippen LogP contribution < -0.4 is 4.72 Å². The van der Waals surface area contributed by atoms with Crippen molar-refractivity contribution in [2.75, 3.05) is 12.3 Å². The van der Waals surface area contributed by atoms with Crippen LogP contribution in [0.15, 0.2) is 59.5 Å². The number of carboxylic acid groups (broad SMARTS) is 1. The second-order valence-corrected chi connectivity index (χ2v) is 8.68. The highest BCUT2D eigenvalue weighted by Gasteiger charge is 2.35. The van der Waals surface area contributed by atoms with Crippen molar-refractivity contribution in [2.24, 2.45) is 0 Å². The molecular weight excluding hydrogens is 365 g/mol. The van der Waals surface area contributed by atoms with Gasteiger partial charge >= 0.3 is 5.97 Å². The van der Waals surface area contributed by atoms with Crippen LogP contribution in [0, 0.1) is 5.82 Å². The van der Waals surface area contributed by atoms with Crippen molar-refractivity contribution in [2.45, 2.75) is 16.6 Å². The van der Waals surface area contributed by atoms with Gasteiger partial charge in [0, 0.05) is 12.3 Å². The van der Waals surface area contributed by atoms with Crippen molar-refractivity contribution < 1.29 is 22.7 Å². The molecule has 2 aromatic rings. The lowest BCUT2D eigenvalue weighted by molar-refractivity contribution is -0.139. The monoisotopic (exact) mass is 383 g/mol. The first kappa shape index (κ1) is 19.4. The zero-order chi connectivity index (χ0) is 18.5. The molecule has 0 aliphatic carbocycles. The molecule has 0 spiro atoms. The van der Waals surface area contributed by atoms with Crippen LogP contribution in [-0.2, 0) is 19.6 Å². The van der Waals surface area contributed by atoms with Gasteiger partial charge in [-0.1, -0.05) is 30.3 Å². The molecule has 0 radical (unpaired) electrons. The van der Waals surface area contributed by atoms with E-state index in [0.717, 1.165) is 23.9 Å². The normalized spacial score (nSPS) is 14.0. The molecule has 0 heterocycles. The fourth-order valence-electron chi connectivity index (χ4n) is 2.15. The summed E-state index contributed by atoms with van der Waals surface area (Å²) in [5.41, 5.74) is 0.633. The predicted molar refractivity (Wildman–Crippen MR) is 95.5 cm³/mol. The molecule has 1 atom stereocenters. The maximum atomic E-state index is 12.9. The Morgan fingerprint density at radius 3 is 2.32 bits per heavy atom. The Kier molecular flexibility index (Phi) is 6.21. The highest BCUT2D eigenvalue weighted by Crippen LogP contribution is 2.36. The van der Waals surface area contributed by atoms with Crippen LogP contribution in [0.25, 0.3) is 0 Å². The average Bonchev–Trinajstić information content (AvgIpc) is 2.59. The second-order valence-electron chi connectivity index (χ2n) is 5.40. The first-order valence-corrected chi connectivity index (χ1v) is 9.91. The Hall–Kier alpha value is -1.90. The average molecular weight is 383 g/mol. The summed E-state index contributed by atoms with van der Waals surface area (Å²) in [5, 5.41) is 9.55. The van der Waals surface area contributed by atoms with Gasteiger partial charge in [0.1, 0.15) is 10.6 Å². The number of aliphatic carboxylic acids is 1. The van der Waals surface area contributed by atoms with Gasteiger partial charge < -0.3 is 5.11 Å². The molecule has 2 N–H and O–H groups in total. The third-order valence-electron chi connectivity index (χ3n) is 3.64. The van der Waals surface area contributed by atoms with E-state index in [1.807, 2.05) is 0 Å². The van der Waals surface area contributed by atoms with E-state index in [4.69, 9.17) is 0 Å². The van der Waals surface area contributed by atoms with Crippen LogP contribution in [0.2, 0.25) is 0 Å². The standard InChI is InChI=1S/C17H18FNO4S2/c1-17(16(20)21,13-5-3-2-4-6-13)24-12-11-19-25(22,23)15-9-7-14(18)8-10-15/h2-10,19H,11-12H2,1H3,(H,20,21). The number of hydrogen-bond acceptors (Lipinski definition) is 4. The molecule has 25 heavy (non-hydrogen) atoms. The summed E-state index contributed by atoms with van der Waals surface area (Å²) >= 11 is 1.14. The van der Waals surface area contributed by atoms with Crippen LogP contribution >= 0.6 is 11.8 Å². The largest absolute Gasteiger partial charge is 0.480 e. The van der Waals surface area contributed by atoms with Crippen LogP contribution in [-0.4, -0.2) is 31.8 Å². The zero-order valence-corrected chi connectivity index (χ0v) is 15.1. The molecule has 1 unspecified atom stereocenters. The minimum atomic E-state index is -3.76. The van der Waals surface area contributed by atoms with E-state index in [0.29, 0.717) is 5.56 Å². The van der Waals surface area contributed by atoms with Gasteiger partial charge in [-0.2, -0.15) is 0 Å². The van der Waals surface area contributed by atoms with Crippen LogP contribution in [0.1, 0.15) is 12.5 Å². The summed E-state index contributed by atoms with van der Waals surface area (Å²) in [5.74, 6) is -1.25. The summed E-state index contributed by atoms with van der Waals surface area (Å²) in [7, 11) is -3.76. The van der Waals surface area contributed by atoms with Crippen molar-refractivity contribution >= 4 is 27.8 Å². The van der Waals surface area contributed by atoms with Gasteiger partial charge in [0.05, 0.1) is 4.90 Å². The fraction of sp³-hybridized carbons (Fsp3) is 0.235. The number of hydrogen-bond donors (Lipinski definition) is 2. The van der Waals surface area contributed by atoms with E-state index in [9.17, 15) is 22.7 Å². The van der Waals surface area contributed by atoms with Crippen LogP contribution in [0.5, 0.6) is 0 Å². The highest BCUT2D eigenvalue weighted by atomic mass is 32.2. The SMILES string of the molecule is CC(SCCNS(=O)(=O)c1ccc(F)cc1)(C(=O)O)c1ccccc1. The molecule has 5 nitrogen and oxygen atoms in total. The molecule has 0 saturated carbocycles. The van der Waals surface area contributed by atoms with Crippen molar-refractivity contribution in [1.82, 2.24) is 4.72 Å². The van der Waals surface area contributed by atoms with Crippen molar-refractivity contribution in [3.63, 3.8) is 0 Å². The van der Waals surface area contributed by atoms with Crippen molar-refractivity contribution in [3.05, 3.63) is 66.0 Å². The maximum Gasteiger partial charge on any atom is 0.324 e. The zero-order valence-electron chi connectivity index (χ0n) is 13.5. The Balaban J connectivity index is 1.99. The van der Waals surface area contributed by atoms with Gasteiger partial charge in [-0.3, -0.25) is 4.79 Å². The molecule has 0 amide bonds. The summed E-state index contributed by atoms with van der Waals surface area (Å²) in [4.78, 5) is 11.6. The molecule has 8 heteroatoms. The number of carboxylic acids is 1. The number of sulfonamides is 1. The van der Waals surface area contributed by atoms with Crippen molar-refractivity contribution in [3.8, 4) is 0 Å². The van der Waals surface area contributed by atoms with E-state index in [2.05, 4.69) is 4.72 Å². The van der Waals surface area contributed by atoms with Gasteiger partial charge in [0.15, 0.2) is 0 Å². The second kappa shape index (κ2) is 7.99. The van der Waals surface area contributed by atoms with Crippen molar-refractivity contribution in [1.29, 1.82) is 0 Å². The van der Waals surface area contributed by atoms with Crippen LogP contribution in [0.3, 0.4) is 0 Å². The summed E-state index contributed by atoms with van der Waals surface area (Å²) in [6.45, 7) is 1.64. The molecule has 0 aromatic heterocycles. The summed E-state index contributed by atoms with van der Waals surface area (Å²) < 4.78 is 38.3. The Morgan fingerprint density at radius 2 is 1.76 bits per heavy atom. The van der Waals surface area contributed by atoms with E-state index >= 15 is 0 Å². The molecule has 2 rings (SSSR count). The quantitative estimate of drug-likeness (QED) is 0.685. The molecule has 0 aliphatic heterocycles. The number of benzene rings is 2. The van der Waals surface area contributed by atoms with Gasteiger partial charge in [-0.05, 0) is 36.8 Å². The smallest absolute Gasteiger partial charge is 0.324 e. The number of thioether (sulfide) groups is 1. The summed E-state index contributed by atoms with van der Waals surface area (Å²) in [6, 6.07) is 13.3. The number of carbonyl (C=O) groups is 1. The van der Waals surface area contributed by atoms with E-state index in [1.165, 1.54) is 12.1 Å². The minimum Gasteiger partial charge on any atom is -0.480 e. The Morgan fingerprint density at radius 1 is 1.16 bits per heavy atom. The highest BCUT2D eigenvalue weighted by molar-refractivity contribution is 8.01. The molecular formula is C17H18FNO4S2. The van der Waals surface area contributed by atoms with Gasteiger partial charge in [0.25, 0.3) is 0 Å². The van der Waals surface area contributed by atoms with E-state index < -0.39 is 26.6 Å². The molecule has 134 valence electrons. The van der Waals surface area contributed by atoms with E-state index in [-0.39, 0.29) is 17.2 Å². The molecule has 2 aromatic carbocycles. The Bertz CT molecular complexity index is 825. The number of halogens is 1. The third-order valence-corrected chi connectivity index (χ3v) is 6.51.